The van der Waals surface area contributed by atoms with Crippen LogP contribution in [0.15, 0.2) is 47.6 Å². The molecule has 0 aliphatic heterocycles. The predicted molar refractivity (Wildman–Crippen MR) is 90.4 cm³/mol. The summed E-state index contributed by atoms with van der Waals surface area (Å²) >= 11 is 1.86. The first kappa shape index (κ1) is 14.8. The minimum atomic E-state index is 0.444. The molecule has 0 fully saturated rings. The minimum absolute atomic E-state index is 0.444. The maximum absolute atomic E-state index is 4.45. The van der Waals surface area contributed by atoms with Gasteiger partial charge in [-0.15, -0.1) is 11.8 Å². The molecule has 0 aliphatic rings. The third-order valence-corrected chi connectivity index (χ3v) is 4.43. The van der Waals surface area contributed by atoms with Crippen LogP contribution in [0.5, 0.6) is 0 Å². The van der Waals surface area contributed by atoms with Gasteiger partial charge in [-0.2, -0.15) is 14.6 Å². The van der Waals surface area contributed by atoms with E-state index in [0.29, 0.717) is 11.0 Å². The van der Waals surface area contributed by atoms with E-state index in [1.54, 1.807) is 4.52 Å². The molecule has 1 unspecified atom stereocenters. The summed E-state index contributed by atoms with van der Waals surface area (Å²) in [5.74, 6) is 1.59. The van der Waals surface area contributed by atoms with E-state index in [2.05, 4.69) is 58.5 Å². The molecular weight excluding hydrogens is 294 g/mol. The van der Waals surface area contributed by atoms with Crippen molar-refractivity contribution in [2.45, 2.75) is 30.4 Å². The lowest BCUT2D eigenvalue weighted by atomic mass is 10.3. The van der Waals surface area contributed by atoms with Crippen LogP contribution >= 0.6 is 11.8 Å². The smallest absolute Gasteiger partial charge is 0.254 e. The SMILES string of the molecule is CCc1cc(NCC(C)Sc2ccccc2)n2ncnc2n1. The fraction of sp³-hybridized carbons (Fsp3) is 0.312. The number of benzene rings is 1. The van der Waals surface area contributed by atoms with Crippen LogP contribution in [-0.4, -0.2) is 31.4 Å². The van der Waals surface area contributed by atoms with Crippen molar-refractivity contribution in [3.05, 3.63) is 48.4 Å². The van der Waals surface area contributed by atoms with Crippen LogP contribution in [0.4, 0.5) is 5.82 Å². The van der Waals surface area contributed by atoms with Gasteiger partial charge in [-0.05, 0) is 18.6 Å². The van der Waals surface area contributed by atoms with Crippen molar-refractivity contribution in [3.8, 4) is 0 Å². The first-order valence-corrected chi connectivity index (χ1v) is 8.29. The zero-order valence-electron chi connectivity index (χ0n) is 12.7. The number of hydrogen-bond acceptors (Lipinski definition) is 5. The molecular formula is C16H19N5S. The highest BCUT2D eigenvalue weighted by Gasteiger charge is 2.09. The Morgan fingerprint density at radius 3 is 2.86 bits per heavy atom. The fourth-order valence-corrected chi connectivity index (χ4v) is 3.14. The van der Waals surface area contributed by atoms with Crippen LogP contribution in [0.2, 0.25) is 0 Å². The van der Waals surface area contributed by atoms with Crippen molar-refractivity contribution in [1.82, 2.24) is 19.6 Å². The summed E-state index contributed by atoms with van der Waals surface area (Å²) in [4.78, 5) is 9.92. The van der Waals surface area contributed by atoms with Gasteiger partial charge in [-0.25, -0.2) is 4.98 Å². The van der Waals surface area contributed by atoms with E-state index in [0.717, 1.165) is 24.5 Å². The van der Waals surface area contributed by atoms with E-state index in [1.807, 2.05) is 23.9 Å². The molecule has 0 bridgehead atoms. The monoisotopic (exact) mass is 313 g/mol. The molecule has 1 atom stereocenters. The Balaban J connectivity index is 1.69. The standard InChI is InChI=1S/C16H19N5S/c1-3-13-9-15(21-16(20-13)18-11-19-21)17-10-12(2)22-14-7-5-4-6-8-14/h4-9,11-12,17H,3,10H2,1-2H3. The second kappa shape index (κ2) is 6.79. The maximum Gasteiger partial charge on any atom is 0.254 e. The van der Waals surface area contributed by atoms with Gasteiger partial charge in [-0.3, -0.25) is 0 Å². The molecule has 0 amide bonds. The Kier molecular flexibility index (Phi) is 4.58. The average Bonchev–Trinajstić information content (AvgIpc) is 3.02. The maximum atomic E-state index is 4.45. The quantitative estimate of drug-likeness (QED) is 0.708. The largest absolute Gasteiger partial charge is 0.369 e. The van der Waals surface area contributed by atoms with Gasteiger partial charge in [0, 0.05) is 28.5 Å². The van der Waals surface area contributed by atoms with Gasteiger partial charge < -0.3 is 5.32 Å². The normalized spacial score (nSPS) is 12.5. The Hall–Kier alpha value is -2.08. The average molecular weight is 313 g/mol. The van der Waals surface area contributed by atoms with Crippen LogP contribution in [0.3, 0.4) is 0 Å². The van der Waals surface area contributed by atoms with E-state index < -0.39 is 0 Å². The number of nitrogens with one attached hydrogen (secondary N) is 1. The summed E-state index contributed by atoms with van der Waals surface area (Å²) in [6.07, 6.45) is 2.42. The van der Waals surface area contributed by atoms with Gasteiger partial charge in [-0.1, -0.05) is 32.0 Å². The first-order chi connectivity index (χ1) is 10.8. The molecule has 0 saturated carbocycles. The van der Waals surface area contributed by atoms with Crippen molar-refractivity contribution in [2.24, 2.45) is 0 Å². The summed E-state index contributed by atoms with van der Waals surface area (Å²) in [7, 11) is 0. The zero-order valence-corrected chi connectivity index (χ0v) is 13.5. The molecule has 3 rings (SSSR count). The third kappa shape index (κ3) is 3.39. The Labute approximate surface area is 134 Å². The van der Waals surface area contributed by atoms with Gasteiger partial charge in [0.15, 0.2) is 0 Å². The Bertz CT molecular complexity index is 741. The molecule has 6 heteroatoms. The van der Waals surface area contributed by atoms with Gasteiger partial charge in [0.2, 0.25) is 0 Å². The lowest BCUT2D eigenvalue weighted by Crippen LogP contribution is -2.16. The second-order valence-electron chi connectivity index (χ2n) is 5.08. The number of aryl methyl sites for hydroxylation is 1. The summed E-state index contributed by atoms with van der Waals surface area (Å²) in [6.45, 7) is 5.15. The van der Waals surface area contributed by atoms with Gasteiger partial charge in [0.25, 0.3) is 5.78 Å². The molecule has 0 saturated heterocycles. The molecule has 1 aromatic carbocycles. The molecule has 0 aliphatic carbocycles. The van der Waals surface area contributed by atoms with E-state index in [1.165, 1.54) is 11.2 Å². The van der Waals surface area contributed by atoms with Crippen molar-refractivity contribution in [1.29, 1.82) is 0 Å². The minimum Gasteiger partial charge on any atom is -0.369 e. The van der Waals surface area contributed by atoms with Crippen LogP contribution in [0.1, 0.15) is 19.5 Å². The van der Waals surface area contributed by atoms with Crippen LogP contribution in [-0.2, 0) is 6.42 Å². The van der Waals surface area contributed by atoms with E-state index in [4.69, 9.17) is 0 Å². The Morgan fingerprint density at radius 2 is 2.09 bits per heavy atom. The molecule has 114 valence electrons. The molecule has 2 heterocycles. The van der Waals surface area contributed by atoms with Gasteiger partial charge in [0.1, 0.15) is 12.1 Å². The summed E-state index contributed by atoms with van der Waals surface area (Å²) in [5.41, 5.74) is 1.02. The van der Waals surface area contributed by atoms with Crippen LogP contribution in [0, 0.1) is 0 Å². The van der Waals surface area contributed by atoms with Gasteiger partial charge >= 0.3 is 0 Å². The zero-order chi connectivity index (χ0) is 15.4. The highest BCUT2D eigenvalue weighted by molar-refractivity contribution is 8.00. The first-order valence-electron chi connectivity index (χ1n) is 7.41. The lowest BCUT2D eigenvalue weighted by Gasteiger charge is -2.14. The van der Waals surface area contributed by atoms with Crippen molar-refractivity contribution >= 4 is 23.4 Å². The molecule has 1 N–H and O–H groups in total. The highest BCUT2D eigenvalue weighted by Crippen LogP contribution is 2.23. The predicted octanol–water partition coefficient (Wildman–Crippen LogP) is 3.28. The summed E-state index contributed by atoms with van der Waals surface area (Å²) < 4.78 is 1.75. The van der Waals surface area contributed by atoms with Crippen molar-refractivity contribution in [3.63, 3.8) is 0 Å². The topological polar surface area (TPSA) is 55.1 Å². The van der Waals surface area contributed by atoms with E-state index in [9.17, 15) is 0 Å². The molecule has 0 spiro atoms. The number of fused-ring (bicyclic) bond motifs is 1. The fourth-order valence-electron chi connectivity index (χ4n) is 2.19. The molecule has 2 aromatic heterocycles. The van der Waals surface area contributed by atoms with Crippen LogP contribution in [0.25, 0.3) is 5.78 Å². The Morgan fingerprint density at radius 1 is 1.27 bits per heavy atom. The number of hydrogen-bond donors (Lipinski definition) is 1. The molecule has 0 radical (unpaired) electrons. The highest BCUT2D eigenvalue weighted by atomic mass is 32.2. The summed E-state index contributed by atoms with van der Waals surface area (Å²) in [6, 6.07) is 12.5. The van der Waals surface area contributed by atoms with E-state index in [-0.39, 0.29) is 0 Å². The van der Waals surface area contributed by atoms with Gasteiger partial charge in [0.05, 0.1) is 0 Å². The summed E-state index contributed by atoms with van der Waals surface area (Å²) in [5, 5.41) is 8.14. The number of rotatable bonds is 6. The lowest BCUT2D eigenvalue weighted by molar-refractivity contribution is 0.890. The number of nitrogens with zero attached hydrogens (tertiary/aromatic N) is 4. The van der Waals surface area contributed by atoms with Crippen molar-refractivity contribution in [2.75, 3.05) is 11.9 Å². The van der Waals surface area contributed by atoms with Crippen molar-refractivity contribution < 1.29 is 0 Å². The molecule has 5 nitrogen and oxygen atoms in total. The molecule has 3 aromatic rings. The van der Waals surface area contributed by atoms with E-state index >= 15 is 0 Å². The number of thioether (sulfide) groups is 1. The number of aromatic nitrogens is 4. The second-order valence-corrected chi connectivity index (χ2v) is 6.59. The number of anilines is 1. The molecule has 22 heavy (non-hydrogen) atoms. The third-order valence-electron chi connectivity index (χ3n) is 3.32. The van der Waals surface area contributed by atoms with Crippen LogP contribution < -0.4 is 5.32 Å².